The molecule has 0 fully saturated rings. The lowest BCUT2D eigenvalue weighted by molar-refractivity contribution is 0.338. The second-order valence-corrected chi connectivity index (χ2v) is 7.38. The molecule has 0 aromatic heterocycles. The highest BCUT2D eigenvalue weighted by Gasteiger charge is 2.16. The lowest BCUT2D eigenvalue weighted by Crippen LogP contribution is -2.22. The number of rotatable bonds is 5. The lowest BCUT2D eigenvalue weighted by Gasteiger charge is -2.11. The van der Waals surface area contributed by atoms with Gasteiger partial charge in [0.15, 0.2) is 9.84 Å². The van der Waals surface area contributed by atoms with Gasteiger partial charge in [-0.3, -0.25) is 0 Å². The molecule has 1 aromatic rings. The Hall–Kier alpha value is -1.51. The number of aliphatic hydroxyl groups is 1. The predicted octanol–water partition coefficient (Wildman–Crippen LogP) is 1.54. The number of sulfone groups is 1. The van der Waals surface area contributed by atoms with Crippen molar-refractivity contribution in [2.75, 3.05) is 19.0 Å². The molecule has 0 atom stereocenters. The van der Waals surface area contributed by atoms with Crippen molar-refractivity contribution in [1.82, 2.24) is 0 Å². The molecule has 0 amide bonds. The van der Waals surface area contributed by atoms with Crippen LogP contribution in [0, 0.1) is 18.8 Å². The minimum atomic E-state index is -3.08. The monoisotopic (exact) mass is 296 g/mol. The van der Waals surface area contributed by atoms with E-state index in [2.05, 4.69) is 11.8 Å². The van der Waals surface area contributed by atoms with E-state index in [0.717, 1.165) is 11.1 Å². The molecule has 0 unspecified atom stereocenters. The topological polar surface area (TPSA) is 63.6 Å². The van der Waals surface area contributed by atoms with Gasteiger partial charge in [-0.1, -0.05) is 11.8 Å². The van der Waals surface area contributed by atoms with Crippen molar-refractivity contribution < 1.29 is 18.3 Å². The van der Waals surface area contributed by atoms with Crippen LogP contribution < -0.4 is 4.74 Å². The highest BCUT2D eigenvalue weighted by Crippen LogP contribution is 2.19. The fourth-order valence-electron chi connectivity index (χ4n) is 1.53. The van der Waals surface area contributed by atoms with Crippen molar-refractivity contribution in [3.63, 3.8) is 0 Å². The summed E-state index contributed by atoms with van der Waals surface area (Å²) >= 11 is 0. The van der Waals surface area contributed by atoms with E-state index in [4.69, 9.17) is 9.84 Å². The van der Waals surface area contributed by atoms with Crippen LogP contribution in [0.1, 0.15) is 25.0 Å². The first-order chi connectivity index (χ1) is 9.36. The van der Waals surface area contributed by atoms with Crippen LogP contribution in [0.5, 0.6) is 5.75 Å². The summed E-state index contributed by atoms with van der Waals surface area (Å²) in [5.74, 6) is 6.04. The van der Waals surface area contributed by atoms with Gasteiger partial charge in [-0.05, 0) is 44.5 Å². The first kappa shape index (κ1) is 16.5. The Morgan fingerprint density at radius 2 is 2.05 bits per heavy atom. The van der Waals surface area contributed by atoms with Crippen molar-refractivity contribution in [3.8, 4) is 17.6 Å². The summed E-state index contributed by atoms with van der Waals surface area (Å²) in [6.07, 6.45) is 0. The fraction of sp³-hybridized carbons (Fsp3) is 0.467. The highest BCUT2D eigenvalue weighted by atomic mass is 32.2. The lowest BCUT2D eigenvalue weighted by atomic mass is 10.1. The molecule has 20 heavy (non-hydrogen) atoms. The summed E-state index contributed by atoms with van der Waals surface area (Å²) < 4.78 is 28.8. The van der Waals surface area contributed by atoms with Gasteiger partial charge in [0.2, 0.25) is 0 Å². The summed E-state index contributed by atoms with van der Waals surface area (Å²) in [5.41, 5.74) is 1.68. The van der Waals surface area contributed by atoms with Gasteiger partial charge in [0.1, 0.15) is 19.0 Å². The van der Waals surface area contributed by atoms with E-state index >= 15 is 0 Å². The molecule has 0 spiro atoms. The van der Waals surface area contributed by atoms with E-state index in [-0.39, 0.29) is 24.2 Å². The molecule has 0 saturated heterocycles. The Kier molecular flexibility index (Phi) is 6.05. The van der Waals surface area contributed by atoms with E-state index < -0.39 is 9.84 Å². The largest absolute Gasteiger partial charge is 0.492 e. The molecule has 5 heteroatoms. The molecule has 4 nitrogen and oxygen atoms in total. The summed E-state index contributed by atoms with van der Waals surface area (Å²) in [6, 6.07) is 5.38. The molecule has 0 heterocycles. The van der Waals surface area contributed by atoms with Gasteiger partial charge >= 0.3 is 0 Å². The Morgan fingerprint density at radius 3 is 2.60 bits per heavy atom. The zero-order valence-corrected chi connectivity index (χ0v) is 12.8. The predicted molar refractivity (Wildman–Crippen MR) is 79.6 cm³/mol. The average molecular weight is 296 g/mol. The van der Waals surface area contributed by atoms with Crippen LogP contribution in [0.3, 0.4) is 0 Å². The number of benzene rings is 1. The van der Waals surface area contributed by atoms with Gasteiger partial charge in [-0.2, -0.15) is 0 Å². The smallest absolute Gasteiger partial charge is 0.155 e. The average Bonchev–Trinajstić information content (AvgIpc) is 2.38. The van der Waals surface area contributed by atoms with Crippen LogP contribution in [0.25, 0.3) is 0 Å². The van der Waals surface area contributed by atoms with Crippen molar-refractivity contribution >= 4 is 9.84 Å². The van der Waals surface area contributed by atoms with Crippen molar-refractivity contribution in [3.05, 3.63) is 29.3 Å². The molecule has 1 aromatic carbocycles. The maximum absolute atomic E-state index is 11.7. The van der Waals surface area contributed by atoms with Crippen LogP contribution in [0.15, 0.2) is 18.2 Å². The van der Waals surface area contributed by atoms with Gasteiger partial charge < -0.3 is 9.84 Å². The van der Waals surface area contributed by atoms with E-state index in [1.807, 2.05) is 13.0 Å². The highest BCUT2D eigenvalue weighted by molar-refractivity contribution is 7.91. The fourth-order valence-corrected chi connectivity index (χ4v) is 2.32. The molecular weight excluding hydrogens is 276 g/mol. The number of hydrogen-bond donors (Lipinski definition) is 1. The summed E-state index contributed by atoms with van der Waals surface area (Å²) in [4.78, 5) is 0. The molecule has 0 aliphatic rings. The van der Waals surface area contributed by atoms with Crippen molar-refractivity contribution in [1.29, 1.82) is 0 Å². The van der Waals surface area contributed by atoms with E-state index in [1.165, 1.54) is 0 Å². The molecule has 0 aliphatic heterocycles. The van der Waals surface area contributed by atoms with Crippen LogP contribution in [-0.2, 0) is 9.84 Å². The Bertz CT molecular complexity index is 606. The van der Waals surface area contributed by atoms with Gasteiger partial charge in [-0.25, -0.2) is 8.42 Å². The Labute approximate surface area is 120 Å². The quantitative estimate of drug-likeness (QED) is 0.837. The molecule has 0 aliphatic carbocycles. The van der Waals surface area contributed by atoms with Crippen LogP contribution >= 0.6 is 0 Å². The number of aliphatic hydroxyl groups excluding tert-OH is 1. The minimum Gasteiger partial charge on any atom is -0.492 e. The standard InChI is InChI=1S/C15H20O4S/c1-12(2)20(17,18)10-9-19-15-7-6-14(5-4-8-16)11-13(15)3/h6-7,11-12,16H,8-10H2,1-3H3. The van der Waals surface area contributed by atoms with Gasteiger partial charge in [-0.15, -0.1) is 0 Å². The molecule has 1 rings (SSSR count). The maximum atomic E-state index is 11.7. The van der Waals surface area contributed by atoms with Crippen LogP contribution in [-0.4, -0.2) is 37.7 Å². The Morgan fingerprint density at radius 1 is 1.35 bits per heavy atom. The molecule has 110 valence electrons. The van der Waals surface area contributed by atoms with Crippen molar-refractivity contribution in [2.45, 2.75) is 26.0 Å². The number of ether oxygens (including phenoxy) is 1. The van der Waals surface area contributed by atoms with Crippen LogP contribution in [0.2, 0.25) is 0 Å². The number of aryl methyl sites for hydroxylation is 1. The van der Waals surface area contributed by atoms with E-state index in [0.29, 0.717) is 5.75 Å². The van der Waals surface area contributed by atoms with E-state index in [9.17, 15) is 8.42 Å². The first-order valence-corrected chi connectivity index (χ1v) is 8.13. The Balaban J connectivity index is 2.66. The van der Waals surface area contributed by atoms with Gasteiger partial charge in [0.05, 0.1) is 11.0 Å². The molecule has 0 bridgehead atoms. The van der Waals surface area contributed by atoms with Crippen molar-refractivity contribution in [2.24, 2.45) is 0 Å². The first-order valence-electron chi connectivity index (χ1n) is 6.41. The third kappa shape index (κ3) is 4.87. The third-order valence-corrected chi connectivity index (χ3v) is 5.00. The summed E-state index contributed by atoms with van der Waals surface area (Å²) in [6.45, 7) is 5.16. The maximum Gasteiger partial charge on any atom is 0.155 e. The second-order valence-electron chi connectivity index (χ2n) is 4.70. The molecule has 0 saturated carbocycles. The molecule has 1 N–H and O–H groups in total. The van der Waals surface area contributed by atoms with Gasteiger partial charge in [0, 0.05) is 5.56 Å². The zero-order chi connectivity index (χ0) is 15.2. The summed E-state index contributed by atoms with van der Waals surface area (Å²) in [5, 5.41) is 8.25. The third-order valence-electron chi connectivity index (χ3n) is 2.83. The minimum absolute atomic E-state index is 0.0101. The van der Waals surface area contributed by atoms with E-state index in [1.54, 1.807) is 26.0 Å². The SMILES string of the molecule is Cc1cc(C#CCO)ccc1OCCS(=O)(=O)C(C)C. The second kappa shape index (κ2) is 7.32. The molecular formula is C15H20O4S. The normalized spacial score (nSPS) is 11.1. The molecule has 0 radical (unpaired) electrons. The zero-order valence-electron chi connectivity index (χ0n) is 12.0. The van der Waals surface area contributed by atoms with Gasteiger partial charge in [0.25, 0.3) is 0 Å². The number of hydrogen-bond acceptors (Lipinski definition) is 4. The summed E-state index contributed by atoms with van der Waals surface area (Å²) in [7, 11) is -3.08. The van der Waals surface area contributed by atoms with Crippen LogP contribution in [0.4, 0.5) is 0 Å².